The first-order valence-electron chi connectivity index (χ1n) is 4.58. The van der Waals surface area contributed by atoms with Crippen LogP contribution in [0.3, 0.4) is 0 Å². The second-order valence-corrected chi connectivity index (χ2v) is 3.12. The van der Waals surface area contributed by atoms with Crippen LogP contribution in [0.4, 0.5) is 0 Å². The van der Waals surface area contributed by atoms with E-state index in [1.807, 2.05) is 0 Å². The van der Waals surface area contributed by atoms with Crippen LogP contribution in [0.5, 0.6) is 0 Å². The van der Waals surface area contributed by atoms with Gasteiger partial charge in [0.1, 0.15) is 6.10 Å². The maximum Gasteiger partial charge on any atom is 0.335 e. The van der Waals surface area contributed by atoms with Crippen LogP contribution in [0, 0.1) is 6.42 Å². The van der Waals surface area contributed by atoms with Gasteiger partial charge in [0.2, 0.25) is 0 Å². The molecule has 0 saturated heterocycles. The van der Waals surface area contributed by atoms with Crippen LogP contribution < -0.4 is 5.11 Å². The Bertz CT molecular complexity index is 185. The summed E-state index contributed by atoms with van der Waals surface area (Å²) < 4.78 is 0. The van der Waals surface area contributed by atoms with Gasteiger partial charge >= 0.3 is 5.97 Å². The van der Waals surface area contributed by atoms with Crippen molar-refractivity contribution in [2.24, 2.45) is 0 Å². The topological polar surface area (TPSA) is 118 Å². The number of aliphatic carboxylic acids is 2. The van der Waals surface area contributed by atoms with Crippen molar-refractivity contribution in [3.8, 4) is 0 Å². The normalized spacial score (nSPS) is 18.0. The molecule has 6 heteroatoms. The molecular weight excluding hydrogens is 204 g/mol. The van der Waals surface area contributed by atoms with Crippen molar-refractivity contribution in [3.63, 3.8) is 0 Å². The molecule has 0 heterocycles. The third-order valence-corrected chi connectivity index (χ3v) is 1.86. The van der Waals surface area contributed by atoms with Crippen LogP contribution in [0.2, 0.25) is 0 Å². The fourth-order valence-electron chi connectivity index (χ4n) is 0.986. The average Bonchev–Trinajstić information content (AvgIpc) is 2.73. The van der Waals surface area contributed by atoms with Gasteiger partial charge in [-0.25, -0.2) is 4.79 Å². The molecule has 1 fully saturated rings. The molecule has 2 atom stereocenters. The van der Waals surface area contributed by atoms with Crippen LogP contribution in [0.15, 0.2) is 0 Å². The van der Waals surface area contributed by atoms with Gasteiger partial charge < -0.3 is 25.2 Å². The van der Waals surface area contributed by atoms with E-state index in [1.54, 1.807) is 0 Å². The van der Waals surface area contributed by atoms with Crippen molar-refractivity contribution >= 4 is 11.9 Å². The fraction of sp³-hybridized carbons (Fsp3) is 0.667. The Morgan fingerprint density at radius 1 is 1.13 bits per heavy atom. The zero-order chi connectivity index (χ0) is 11.8. The fourth-order valence-corrected chi connectivity index (χ4v) is 0.986. The largest absolute Gasteiger partial charge is 0.547 e. The van der Waals surface area contributed by atoms with Gasteiger partial charge in [-0.2, -0.15) is 0 Å². The highest BCUT2D eigenvalue weighted by Gasteiger charge is 2.23. The zero-order valence-electron chi connectivity index (χ0n) is 8.13. The summed E-state index contributed by atoms with van der Waals surface area (Å²) in [4.78, 5) is 19.4. The van der Waals surface area contributed by atoms with Crippen LogP contribution in [0.25, 0.3) is 0 Å². The summed E-state index contributed by atoms with van der Waals surface area (Å²) in [6.07, 6.45) is 3.29. The molecule has 1 aliphatic rings. The smallest absolute Gasteiger partial charge is 0.335 e. The van der Waals surface area contributed by atoms with E-state index >= 15 is 0 Å². The van der Waals surface area contributed by atoms with Gasteiger partial charge in [-0.3, -0.25) is 0 Å². The van der Waals surface area contributed by atoms with Crippen molar-refractivity contribution in [1.82, 2.24) is 0 Å². The van der Waals surface area contributed by atoms with Gasteiger partial charge in [-0.15, -0.1) is 0 Å². The number of aliphatic hydroxyl groups is 2. The van der Waals surface area contributed by atoms with Crippen molar-refractivity contribution in [2.45, 2.75) is 37.9 Å². The van der Waals surface area contributed by atoms with E-state index in [9.17, 15) is 14.7 Å². The summed E-state index contributed by atoms with van der Waals surface area (Å²) in [5, 5.41) is 34.1. The first-order chi connectivity index (χ1) is 6.96. The van der Waals surface area contributed by atoms with Crippen LogP contribution >= 0.6 is 0 Å². The molecule has 15 heavy (non-hydrogen) atoms. The standard InChI is InChI=1S/C5H9.C4H6O6/c1-2-4-5-3-1;5-1(3(7)8)2(6)4(9)10/h1H,2-5H2;1-2,5-6H,(H,7,8)(H,9,10)/q+1;/p-1. The molecule has 1 rings (SSSR count). The summed E-state index contributed by atoms with van der Waals surface area (Å²) in [5.74, 6) is -3.83. The summed E-state index contributed by atoms with van der Waals surface area (Å²) in [6.45, 7) is 0. The number of carboxylic acids is 2. The average molecular weight is 218 g/mol. The SMILES string of the molecule is O=C([O-])C(O)C(O)C(=O)O.[CH+]1CCCC1. The van der Waals surface area contributed by atoms with Crippen molar-refractivity contribution in [1.29, 1.82) is 0 Å². The molecule has 1 aliphatic carbocycles. The van der Waals surface area contributed by atoms with E-state index in [0.29, 0.717) is 0 Å². The number of aliphatic hydroxyl groups excluding tert-OH is 2. The maximum atomic E-state index is 9.74. The molecule has 3 N–H and O–H groups in total. The predicted molar refractivity (Wildman–Crippen MR) is 47.4 cm³/mol. The first-order valence-corrected chi connectivity index (χ1v) is 4.58. The molecule has 0 spiro atoms. The van der Waals surface area contributed by atoms with Gasteiger partial charge in [0.05, 0.1) is 25.2 Å². The summed E-state index contributed by atoms with van der Waals surface area (Å²) in [6, 6.07) is 0. The minimum Gasteiger partial charge on any atom is -0.547 e. The van der Waals surface area contributed by atoms with E-state index in [4.69, 9.17) is 15.3 Å². The lowest BCUT2D eigenvalue weighted by atomic mass is 10.2. The molecule has 86 valence electrons. The Morgan fingerprint density at radius 3 is 1.73 bits per heavy atom. The van der Waals surface area contributed by atoms with E-state index in [-0.39, 0.29) is 0 Å². The Kier molecular flexibility index (Phi) is 6.48. The Hall–Kier alpha value is -1.27. The third kappa shape index (κ3) is 5.92. The van der Waals surface area contributed by atoms with E-state index < -0.39 is 24.1 Å². The molecule has 0 aromatic rings. The molecular formula is C9H14O6. The minimum atomic E-state index is -2.38. The van der Waals surface area contributed by atoms with Crippen molar-refractivity contribution < 1.29 is 30.0 Å². The third-order valence-electron chi connectivity index (χ3n) is 1.86. The second-order valence-electron chi connectivity index (χ2n) is 3.12. The molecule has 0 aromatic carbocycles. The van der Waals surface area contributed by atoms with Gasteiger partial charge in [-0.1, -0.05) is 0 Å². The molecule has 0 amide bonds. The number of carbonyl (C=O) groups excluding carboxylic acids is 1. The molecule has 0 radical (unpaired) electrons. The Morgan fingerprint density at radius 2 is 1.60 bits per heavy atom. The number of carbonyl (C=O) groups is 2. The number of hydrogen-bond acceptors (Lipinski definition) is 5. The number of hydrogen-bond donors (Lipinski definition) is 3. The summed E-state index contributed by atoms with van der Waals surface area (Å²) in [5.41, 5.74) is 0. The monoisotopic (exact) mass is 218 g/mol. The van der Waals surface area contributed by atoms with Crippen LogP contribution in [-0.4, -0.2) is 39.5 Å². The summed E-state index contributed by atoms with van der Waals surface area (Å²) in [7, 11) is 0. The van der Waals surface area contributed by atoms with Crippen molar-refractivity contribution in [3.05, 3.63) is 6.42 Å². The van der Waals surface area contributed by atoms with Crippen molar-refractivity contribution in [2.75, 3.05) is 0 Å². The molecule has 6 nitrogen and oxygen atoms in total. The molecule has 2 unspecified atom stereocenters. The molecule has 1 saturated carbocycles. The lowest BCUT2D eigenvalue weighted by molar-refractivity contribution is -0.318. The van der Waals surface area contributed by atoms with Crippen LogP contribution in [0.1, 0.15) is 25.7 Å². The quantitative estimate of drug-likeness (QED) is 0.486. The number of carboxylic acid groups (broad SMARTS) is 2. The van der Waals surface area contributed by atoms with E-state index in [0.717, 1.165) is 0 Å². The zero-order valence-corrected chi connectivity index (χ0v) is 8.13. The molecule has 0 aromatic heterocycles. The highest BCUT2D eigenvalue weighted by molar-refractivity contribution is 5.81. The number of rotatable bonds is 3. The van der Waals surface area contributed by atoms with Gasteiger partial charge in [0.15, 0.2) is 6.10 Å². The highest BCUT2D eigenvalue weighted by atomic mass is 16.4. The Balaban J connectivity index is 0.000000322. The van der Waals surface area contributed by atoms with Gasteiger partial charge in [-0.05, 0) is 12.8 Å². The summed E-state index contributed by atoms with van der Waals surface area (Å²) >= 11 is 0. The van der Waals surface area contributed by atoms with Gasteiger partial charge in [0.25, 0.3) is 0 Å². The van der Waals surface area contributed by atoms with Gasteiger partial charge in [0, 0.05) is 0 Å². The highest BCUT2D eigenvalue weighted by Crippen LogP contribution is 2.13. The minimum absolute atomic E-state index is 1.38. The lowest BCUT2D eigenvalue weighted by Crippen LogP contribution is -2.46. The lowest BCUT2D eigenvalue weighted by Gasteiger charge is -2.13. The maximum absolute atomic E-state index is 9.74. The molecule has 0 aliphatic heterocycles. The van der Waals surface area contributed by atoms with E-state index in [2.05, 4.69) is 6.42 Å². The second kappa shape index (κ2) is 7.08. The van der Waals surface area contributed by atoms with E-state index in [1.165, 1.54) is 25.7 Å². The molecule has 0 bridgehead atoms. The predicted octanol–water partition coefficient (Wildman–Crippen LogP) is -1.69. The van der Waals surface area contributed by atoms with Crippen LogP contribution in [-0.2, 0) is 9.59 Å². The Labute approximate surface area is 87.2 Å². The first kappa shape index (κ1) is 13.7.